The van der Waals surface area contributed by atoms with E-state index in [1.54, 1.807) is 24.6 Å². The van der Waals surface area contributed by atoms with Crippen molar-refractivity contribution in [2.45, 2.75) is 30.8 Å². The highest BCUT2D eigenvalue weighted by molar-refractivity contribution is 8.76. The van der Waals surface area contributed by atoms with E-state index in [0.29, 0.717) is 20.7 Å². The van der Waals surface area contributed by atoms with Crippen molar-refractivity contribution in [1.29, 1.82) is 0 Å². The number of benzene rings is 1. The molecule has 226 valence electrons. The Labute approximate surface area is 267 Å². The zero-order valence-electron chi connectivity index (χ0n) is 22.4. The quantitative estimate of drug-likeness (QED) is 0.151. The Morgan fingerprint density at radius 3 is 2.30 bits per heavy atom. The molecule has 6 bridgehead atoms. The van der Waals surface area contributed by atoms with Crippen LogP contribution in [-0.4, -0.2) is 54.0 Å². The van der Waals surface area contributed by atoms with Gasteiger partial charge in [0.05, 0.1) is 38.6 Å². The summed E-state index contributed by atoms with van der Waals surface area (Å²) in [5.74, 6) is -1.48. The summed E-state index contributed by atoms with van der Waals surface area (Å²) in [6, 6.07) is 2.06. The van der Waals surface area contributed by atoms with Crippen molar-refractivity contribution in [3.05, 3.63) is 86.7 Å². The molecular weight excluding hydrogens is 673 g/mol. The summed E-state index contributed by atoms with van der Waals surface area (Å²) in [4.78, 5) is 77.5. The number of nitro benzene ring substituents is 2. The van der Waals surface area contributed by atoms with Crippen molar-refractivity contribution in [2.24, 2.45) is 4.99 Å². The Balaban J connectivity index is 1.44. The zero-order valence-corrected chi connectivity index (χ0v) is 26.5. The number of aromatic nitrogens is 3. The van der Waals surface area contributed by atoms with Crippen LogP contribution in [0.5, 0.6) is 0 Å². The van der Waals surface area contributed by atoms with Gasteiger partial charge in [-0.15, -0.1) is 34.0 Å². The standard InChI is InChI=1S/C24H18N8O7S5/c1-10-22-28-13(6-40-22)19(33)25-11(2)23-29-15(7-41-23)21(35)27-16(24-30-14(8-42-24)20(34)26-10)9-43-44-18-4-3-12(31(36)37)5-17(18)32(38)39/h3-8,11,16H,9H2,1-2H3,(H,25,33)(H,27,35)/t11-,16-/m0/s1. The molecule has 20 heteroatoms. The van der Waals surface area contributed by atoms with Crippen LogP contribution in [0.1, 0.15) is 72.4 Å². The number of rotatable bonds is 6. The minimum atomic E-state index is -0.753. The highest BCUT2D eigenvalue weighted by Crippen LogP contribution is 2.41. The minimum absolute atomic E-state index is 0.0349. The minimum Gasteiger partial charge on any atom is -0.342 e. The predicted molar refractivity (Wildman–Crippen MR) is 167 cm³/mol. The molecule has 0 fully saturated rings. The fraction of sp³-hybridized carbons (Fsp3) is 0.208. The number of hydrogen-bond acceptors (Lipinski definition) is 15. The lowest BCUT2D eigenvalue weighted by molar-refractivity contribution is -0.396. The maximum atomic E-state index is 13.3. The van der Waals surface area contributed by atoms with Gasteiger partial charge in [-0.05, 0) is 19.9 Å². The van der Waals surface area contributed by atoms with Gasteiger partial charge in [-0.25, -0.2) is 19.9 Å². The van der Waals surface area contributed by atoms with E-state index in [9.17, 15) is 34.6 Å². The van der Waals surface area contributed by atoms with Gasteiger partial charge in [0.1, 0.15) is 32.1 Å². The van der Waals surface area contributed by atoms with Crippen LogP contribution in [0.4, 0.5) is 11.4 Å². The van der Waals surface area contributed by atoms with E-state index < -0.39 is 51.0 Å². The molecule has 1 aliphatic heterocycles. The lowest BCUT2D eigenvalue weighted by Crippen LogP contribution is -2.30. The largest absolute Gasteiger partial charge is 0.342 e. The van der Waals surface area contributed by atoms with Gasteiger partial charge < -0.3 is 10.6 Å². The number of thiazole rings is 3. The van der Waals surface area contributed by atoms with E-state index in [4.69, 9.17) is 0 Å². The molecule has 5 rings (SSSR count). The molecule has 0 saturated carbocycles. The third kappa shape index (κ3) is 6.99. The Bertz CT molecular complexity index is 1830. The SMILES string of the molecule is CC1=NC(=O)c2csc(n2)[C@H](CSSc2ccc([N+](=O)[O-])cc2[N+](=O)[O-])NC(=O)c2csc(n2)[C@H](C)NC(=O)c2csc1n2. The first-order valence-corrected chi connectivity index (χ1v) is 17.3. The molecular formula is C24H18N8O7S5. The van der Waals surface area contributed by atoms with Crippen LogP contribution in [0.3, 0.4) is 0 Å². The van der Waals surface area contributed by atoms with Crippen molar-refractivity contribution >= 4 is 90.4 Å². The van der Waals surface area contributed by atoms with Crippen LogP contribution in [0.2, 0.25) is 0 Å². The van der Waals surface area contributed by atoms with Crippen molar-refractivity contribution in [1.82, 2.24) is 25.6 Å². The lowest BCUT2D eigenvalue weighted by atomic mass is 10.3. The van der Waals surface area contributed by atoms with E-state index in [-0.39, 0.29) is 27.7 Å². The molecule has 3 amide bonds. The molecule has 0 radical (unpaired) electrons. The van der Waals surface area contributed by atoms with Crippen LogP contribution < -0.4 is 10.6 Å². The number of nitrogens with zero attached hydrogens (tertiary/aromatic N) is 6. The molecule has 1 aliphatic rings. The highest BCUT2D eigenvalue weighted by Gasteiger charge is 2.26. The predicted octanol–water partition coefficient (Wildman–Crippen LogP) is 5.24. The number of aliphatic imine (C=N–C) groups is 1. The number of fused-ring (bicyclic) bond motifs is 6. The number of non-ortho nitro benzene ring substituents is 1. The molecule has 0 unspecified atom stereocenters. The van der Waals surface area contributed by atoms with E-state index in [0.717, 1.165) is 50.3 Å². The number of amides is 3. The number of nitrogens with one attached hydrogen (secondary N) is 2. The molecule has 0 aliphatic carbocycles. The summed E-state index contributed by atoms with van der Waals surface area (Å²) in [7, 11) is 2.16. The molecule has 0 spiro atoms. The maximum Gasteiger partial charge on any atom is 0.296 e. The monoisotopic (exact) mass is 690 g/mol. The average molecular weight is 691 g/mol. The summed E-state index contributed by atoms with van der Waals surface area (Å²) in [6.45, 7) is 3.32. The third-order valence-electron chi connectivity index (χ3n) is 5.87. The van der Waals surface area contributed by atoms with Crippen molar-refractivity contribution in [2.75, 3.05) is 5.75 Å². The normalized spacial score (nSPS) is 17.2. The van der Waals surface area contributed by atoms with Gasteiger partial charge in [0.15, 0.2) is 0 Å². The Hall–Kier alpha value is -4.11. The Kier molecular flexibility index (Phi) is 9.44. The van der Waals surface area contributed by atoms with Gasteiger partial charge in [0.25, 0.3) is 29.1 Å². The summed E-state index contributed by atoms with van der Waals surface area (Å²) < 4.78 is 0. The number of nitro groups is 2. The molecule has 1 aromatic carbocycles. The molecule has 2 atom stereocenters. The van der Waals surface area contributed by atoms with Gasteiger partial charge in [0.2, 0.25) is 0 Å². The average Bonchev–Trinajstić information content (AvgIpc) is 3.77. The summed E-state index contributed by atoms with van der Waals surface area (Å²) in [5.41, 5.74) is -0.245. The Morgan fingerprint density at radius 2 is 1.55 bits per heavy atom. The first-order chi connectivity index (χ1) is 21.0. The van der Waals surface area contributed by atoms with Crippen LogP contribution in [-0.2, 0) is 0 Å². The first kappa shape index (κ1) is 31.3. The summed E-state index contributed by atoms with van der Waals surface area (Å²) in [5, 5.41) is 34.2. The third-order valence-corrected chi connectivity index (χ3v) is 11.2. The van der Waals surface area contributed by atoms with Gasteiger partial charge in [0, 0.05) is 28.0 Å². The zero-order chi connectivity index (χ0) is 31.5. The van der Waals surface area contributed by atoms with Gasteiger partial charge >= 0.3 is 0 Å². The second kappa shape index (κ2) is 13.3. The number of hydrogen-bond donors (Lipinski definition) is 2. The maximum absolute atomic E-state index is 13.3. The molecule has 44 heavy (non-hydrogen) atoms. The fourth-order valence-electron chi connectivity index (χ4n) is 3.68. The van der Waals surface area contributed by atoms with Gasteiger partial charge in [-0.3, -0.25) is 34.6 Å². The van der Waals surface area contributed by atoms with Crippen molar-refractivity contribution in [3.8, 4) is 0 Å². The van der Waals surface area contributed by atoms with Crippen LogP contribution in [0.25, 0.3) is 0 Å². The molecule has 3 aromatic heterocycles. The van der Waals surface area contributed by atoms with Crippen LogP contribution in [0.15, 0.2) is 44.2 Å². The second-order valence-electron chi connectivity index (χ2n) is 8.94. The second-order valence-corrected chi connectivity index (χ2v) is 14.0. The molecule has 0 saturated heterocycles. The molecule has 2 N–H and O–H groups in total. The van der Waals surface area contributed by atoms with Crippen LogP contribution in [0, 0.1) is 20.2 Å². The van der Waals surface area contributed by atoms with E-state index in [1.807, 2.05) is 0 Å². The van der Waals surface area contributed by atoms with Crippen molar-refractivity contribution < 1.29 is 24.2 Å². The summed E-state index contributed by atoms with van der Waals surface area (Å²) in [6.07, 6.45) is 0. The number of carbonyl (C=O) groups is 3. The summed E-state index contributed by atoms with van der Waals surface area (Å²) >= 11 is 3.48. The smallest absolute Gasteiger partial charge is 0.296 e. The van der Waals surface area contributed by atoms with Crippen molar-refractivity contribution in [3.63, 3.8) is 0 Å². The molecule has 4 heterocycles. The number of carbonyl (C=O) groups excluding carboxylic acids is 3. The fourth-order valence-corrected chi connectivity index (χ4v) is 8.51. The highest BCUT2D eigenvalue weighted by atomic mass is 33.1. The van der Waals surface area contributed by atoms with Gasteiger partial charge in [-0.2, -0.15) is 0 Å². The topological polar surface area (TPSA) is 213 Å². The molecule has 15 nitrogen and oxygen atoms in total. The van der Waals surface area contributed by atoms with Gasteiger partial charge in [-0.1, -0.05) is 21.6 Å². The first-order valence-electron chi connectivity index (χ1n) is 12.3. The lowest BCUT2D eigenvalue weighted by Gasteiger charge is -2.15. The van der Waals surface area contributed by atoms with E-state index in [2.05, 4.69) is 30.6 Å². The molecule has 4 aromatic rings. The van der Waals surface area contributed by atoms with E-state index >= 15 is 0 Å². The van der Waals surface area contributed by atoms with E-state index in [1.165, 1.54) is 28.8 Å². The van der Waals surface area contributed by atoms with Crippen LogP contribution >= 0.6 is 55.6 Å². The Morgan fingerprint density at radius 1 is 0.886 bits per heavy atom.